The van der Waals surface area contributed by atoms with Crippen molar-refractivity contribution < 1.29 is 22.8 Å². The number of fused-ring (bicyclic) bond motifs is 1. The molecule has 0 radical (unpaired) electrons. The molecule has 1 unspecified atom stereocenters. The average molecular weight is 444 g/mol. The number of carbonyl (C=O) groups is 2. The molecule has 1 aliphatic carbocycles. The SMILES string of the molecule is CC(C)(C)n1c2c(c(=O)[nH]c1=O)C(NC(=O)CCC1CCCCC1)(C(F)(F)F)C(=O)N2. The van der Waals surface area contributed by atoms with Crippen LogP contribution in [0, 0.1) is 5.92 Å². The Kier molecular flexibility index (Phi) is 5.83. The second kappa shape index (κ2) is 7.83. The maximum atomic E-state index is 14.3. The second-order valence-corrected chi connectivity index (χ2v) is 9.28. The van der Waals surface area contributed by atoms with Crippen LogP contribution in [-0.4, -0.2) is 27.5 Å². The van der Waals surface area contributed by atoms with Gasteiger partial charge in [-0.15, -0.1) is 0 Å². The van der Waals surface area contributed by atoms with E-state index in [1.165, 1.54) is 20.8 Å². The zero-order valence-electron chi connectivity index (χ0n) is 17.7. The molecule has 0 saturated heterocycles. The number of nitrogens with zero attached hydrogens (tertiary/aromatic N) is 1. The Balaban J connectivity index is 2.04. The number of carbonyl (C=O) groups excluding carboxylic acids is 2. The molecule has 3 N–H and O–H groups in total. The van der Waals surface area contributed by atoms with E-state index >= 15 is 0 Å². The molecule has 1 saturated carbocycles. The lowest BCUT2D eigenvalue weighted by molar-refractivity contribution is -0.200. The number of hydrogen-bond donors (Lipinski definition) is 3. The molecule has 0 bridgehead atoms. The van der Waals surface area contributed by atoms with E-state index in [0.29, 0.717) is 6.42 Å². The van der Waals surface area contributed by atoms with Gasteiger partial charge in [-0.1, -0.05) is 32.1 Å². The maximum absolute atomic E-state index is 14.3. The number of nitrogens with one attached hydrogen (secondary N) is 3. The summed E-state index contributed by atoms with van der Waals surface area (Å²) in [4.78, 5) is 51.9. The molecule has 0 aromatic carbocycles. The van der Waals surface area contributed by atoms with E-state index in [1.807, 2.05) is 10.3 Å². The Morgan fingerprint density at radius 3 is 2.29 bits per heavy atom. The Labute approximate surface area is 176 Å². The van der Waals surface area contributed by atoms with Gasteiger partial charge < -0.3 is 10.6 Å². The summed E-state index contributed by atoms with van der Waals surface area (Å²) in [5.41, 5.74) is -7.97. The van der Waals surface area contributed by atoms with Crippen molar-refractivity contribution in [3.05, 3.63) is 26.4 Å². The van der Waals surface area contributed by atoms with Crippen LogP contribution in [0.2, 0.25) is 0 Å². The third-order valence-electron chi connectivity index (χ3n) is 5.99. The molecule has 0 spiro atoms. The lowest BCUT2D eigenvalue weighted by Gasteiger charge is -2.31. The van der Waals surface area contributed by atoms with E-state index in [4.69, 9.17) is 0 Å². The Morgan fingerprint density at radius 2 is 1.74 bits per heavy atom. The van der Waals surface area contributed by atoms with Gasteiger partial charge in [0.15, 0.2) is 0 Å². The van der Waals surface area contributed by atoms with Crippen molar-refractivity contribution in [3.63, 3.8) is 0 Å². The zero-order valence-corrected chi connectivity index (χ0v) is 17.7. The number of alkyl halides is 3. The summed E-state index contributed by atoms with van der Waals surface area (Å²) in [5.74, 6) is -2.90. The summed E-state index contributed by atoms with van der Waals surface area (Å²) in [6, 6.07) is 0. The van der Waals surface area contributed by atoms with Crippen molar-refractivity contribution in [3.8, 4) is 0 Å². The van der Waals surface area contributed by atoms with Crippen LogP contribution in [0.4, 0.5) is 19.0 Å². The molecule has 8 nitrogen and oxygen atoms in total. The second-order valence-electron chi connectivity index (χ2n) is 9.28. The van der Waals surface area contributed by atoms with Crippen LogP contribution in [0.1, 0.15) is 71.3 Å². The van der Waals surface area contributed by atoms with Crippen molar-refractivity contribution >= 4 is 17.6 Å². The van der Waals surface area contributed by atoms with Gasteiger partial charge in [0, 0.05) is 12.0 Å². The molecule has 2 aliphatic rings. The third kappa shape index (κ3) is 4.01. The highest BCUT2D eigenvalue weighted by molar-refractivity contribution is 6.07. The molecular formula is C20H27F3N4O4. The smallest absolute Gasteiger partial charge is 0.330 e. The number of H-pyrrole nitrogens is 1. The number of rotatable bonds is 4. The molecule has 2 amide bonds. The quantitative estimate of drug-likeness (QED) is 0.662. The molecule has 172 valence electrons. The standard InChI is InChI=1S/C20H27F3N4O4/c1-18(2,3)27-14-13(15(29)25-17(27)31)19(16(30)24-14,20(21,22)23)26-12(28)10-9-11-7-5-4-6-8-11/h11H,4-10H2,1-3H3,(H,24,30)(H,26,28)(H,25,29,31). The molecule has 1 fully saturated rings. The molecule has 3 rings (SSSR count). The monoisotopic (exact) mass is 444 g/mol. The summed E-state index contributed by atoms with van der Waals surface area (Å²) in [5, 5.41) is 3.84. The van der Waals surface area contributed by atoms with Crippen molar-refractivity contribution in [2.45, 2.75) is 83.0 Å². The van der Waals surface area contributed by atoms with Gasteiger partial charge in [0.05, 0.1) is 0 Å². The van der Waals surface area contributed by atoms with Gasteiger partial charge in [0.2, 0.25) is 11.4 Å². The molecule has 1 aromatic heterocycles. The third-order valence-corrected chi connectivity index (χ3v) is 5.99. The molecular weight excluding hydrogens is 417 g/mol. The number of aromatic nitrogens is 2. The van der Waals surface area contributed by atoms with Gasteiger partial charge in [-0.2, -0.15) is 13.2 Å². The first-order chi connectivity index (χ1) is 14.3. The molecule has 31 heavy (non-hydrogen) atoms. The molecule has 11 heteroatoms. The molecule has 2 heterocycles. The van der Waals surface area contributed by atoms with Gasteiger partial charge in [-0.3, -0.25) is 23.9 Å². The number of anilines is 1. The van der Waals surface area contributed by atoms with Crippen molar-refractivity contribution in [2.75, 3.05) is 5.32 Å². The van der Waals surface area contributed by atoms with Crippen LogP contribution >= 0.6 is 0 Å². The summed E-state index contributed by atoms with van der Waals surface area (Å²) in [6.07, 6.45) is -0.112. The Bertz CT molecular complexity index is 1000. The predicted molar refractivity (Wildman–Crippen MR) is 107 cm³/mol. The van der Waals surface area contributed by atoms with E-state index in [1.54, 1.807) is 5.32 Å². The Morgan fingerprint density at radius 1 is 1.13 bits per heavy atom. The van der Waals surface area contributed by atoms with E-state index in [9.17, 15) is 32.3 Å². The van der Waals surface area contributed by atoms with Crippen molar-refractivity contribution in [2.24, 2.45) is 5.92 Å². The van der Waals surface area contributed by atoms with E-state index in [-0.39, 0.29) is 12.3 Å². The fraction of sp³-hybridized carbons (Fsp3) is 0.700. The lowest BCUT2D eigenvalue weighted by Crippen LogP contribution is -2.62. The van der Waals surface area contributed by atoms with Crippen molar-refractivity contribution in [1.82, 2.24) is 14.9 Å². The van der Waals surface area contributed by atoms with Crippen LogP contribution < -0.4 is 21.9 Å². The van der Waals surface area contributed by atoms with Crippen LogP contribution in [0.5, 0.6) is 0 Å². The van der Waals surface area contributed by atoms with Gasteiger partial charge in [-0.05, 0) is 33.1 Å². The fourth-order valence-corrected chi connectivity index (χ4v) is 4.50. The number of halogens is 3. The van der Waals surface area contributed by atoms with Crippen LogP contribution in [0.3, 0.4) is 0 Å². The minimum absolute atomic E-state index is 0.193. The fourth-order valence-electron chi connectivity index (χ4n) is 4.50. The van der Waals surface area contributed by atoms with Crippen LogP contribution in [0.25, 0.3) is 0 Å². The minimum atomic E-state index is -5.31. The van der Waals surface area contributed by atoms with Gasteiger partial charge in [-0.25, -0.2) is 4.79 Å². The normalized spacial score (nSPS) is 22.2. The minimum Gasteiger partial charge on any atom is -0.330 e. The topological polar surface area (TPSA) is 113 Å². The lowest BCUT2D eigenvalue weighted by atomic mass is 9.85. The number of hydrogen-bond acceptors (Lipinski definition) is 4. The summed E-state index contributed by atoms with van der Waals surface area (Å²) in [6.45, 7) is 4.61. The first kappa shape index (κ1) is 23.1. The Hall–Kier alpha value is -2.59. The van der Waals surface area contributed by atoms with E-state index in [2.05, 4.69) is 0 Å². The molecule has 1 aliphatic heterocycles. The van der Waals surface area contributed by atoms with Crippen LogP contribution in [0.15, 0.2) is 9.59 Å². The average Bonchev–Trinajstić information content (AvgIpc) is 2.92. The van der Waals surface area contributed by atoms with Crippen LogP contribution in [-0.2, 0) is 20.7 Å². The highest BCUT2D eigenvalue weighted by Crippen LogP contribution is 2.45. The zero-order chi connectivity index (χ0) is 23.2. The molecule has 1 atom stereocenters. The first-order valence-electron chi connectivity index (χ1n) is 10.4. The van der Waals surface area contributed by atoms with Gasteiger partial charge in [0.25, 0.3) is 11.5 Å². The van der Waals surface area contributed by atoms with Crippen molar-refractivity contribution in [1.29, 1.82) is 0 Å². The maximum Gasteiger partial charge on any atom is 0.425 e. The summed E-state index contributed by atoms with van der Waals surface area (Å²) >= 11 is 0. The largest absolute Gasteiger partial charge is 0.425 e. The van der Waals surface area contributed by atoms with E-state index in [0.717, 1.165) is 36.7 Å². The number of aromatic amines is 1. The highest BCUT2D eigenvalue weighted by Gasteiger charge is 2.68. The molecule has 1 aromatic rings. The number of amides is 2. The predicted octanol–water partition coefficient (Wildman–Crippen LogP) is 2.48. The van der Waals surface area contributed by atoms with Gasteiger partial charge in [0.1, 0.15) is 11.4 Å². The summed E-state index contributed by atoms with van der Waals surface area (Å²) in [7, 11) is 0. The first-order valence-corrected chi connectivity index (χ1v) is 10.4. The van der Waals surface area contributed by atoms with Gasteiger partial charge >= 0.3 is 11.9 Å². The highest BCUT2D eigenvalue weighted by atomic mass is 19.4. The summed E-state index contributed by atoms with van der Waals surface area (Å²) < 4.78 is 43.8. The van der Waals surface area contributed by atoms with E-state index < -0.39 is 51.7 Å².